The highest BCUT2D eigenvalue weighted by Crippen LogP contribution is 2.57. The summed E-state index contributed by atoms with van der Waals surface area (Å²) in [5.74, 6) is 0. The summed E-state index contributed by atoms with van der Waals surface area (Å²) >= 11 is 0. The lowest BCUT2D eigenvalue weighted by molar-refractivity contribution is 0.768. The summed E-state index contributed by atoms with van der Waals surface area (Å²) in [4.78, 5) is 1.95. The Morgan fingerprint density at radius 2 is 0.883 bits per heavy atom. The van der Waals surface area contributed by atoms with Crippen LogP contribution in [0.15, 0.2) is 249 Å². The Kier molecular flexibility index (Phi) is 7.76. The van der Waals surface area contributed by atoms with Gasteiger partial charge in [0, 0.05) is 16.9 Å². The third kappa shape index (κ3) is 5.86. The first-order chi connectivity index (χ1) is 31.4. The smallest absolute Gasteiger partial charge is 0.0714 e. The van der Waals surface area contributed by atoms with Crippen LogP contribution in [0, 0.1) is 0 Å². The van der Waals surface area contributed by atoms with Gasteiger partial charge in [-0.3, -0.25) is 0 Å². The van der Waals surface area contributed by atoms with E-state index < -0.39 is 5.41 Å². The Bertz CT molecular complexity index is 3310. The van der Waals surface area contributed by atoms with Gasteiger partial charge in [-0.2, -0.15) is 0 Å². The summed E-state index contributed by atoms with van der Waals surface area (Å²) in [6, 6.07) is 76.4. The van der Waals surface area contributed by atoms with E-state index in [1.807, 2.05) is 83.8 Å². The molecule has 10 aromatic carbocycles. The third-order valence-electron chi connectivity index (χ3n) is 12.0. The average Bonchev–Trinajstić information content (AvgIpc) is 3.66. The van der Waals surface area contributed by atoms with Crippen molar-refractivity contribution in [3.8, 4) is 44.5 Å². The van der Waals surface area contributed by atoms with Gasteiger partial charge in [-0.1, -0.05) is 212 Å². The van der Waals surface area contributed by atoms with Gasteiger partial charge in [0.1, 0.15) is 0 Å². The summed E-state index contributed by atoms with van der Waals surface area (Å²) in [5.41, 5.74) is 12.4. The van der Waals surface area contributed by atoms with Gasteiger partial charge < -0.3 is 4.90 Å². The predicted octanol–water partition coefficient (Wildman–Crippen LogP) is 15.7. The highest BCUT2D eigenvalue weighted by molar-refractivity contribution is 5.97. The highest BCUT2D eigenvalue weighted by atomic mass is 15.1. The minimum Gasteiger partial charge on any atom is -0.310 e. The maximum atomic E-state index is 9.93. The van der Waals surface area contributed by atoms with Crippen molar-refractivity contribution in [2.45, 2.75) is 5.41 Å². The monoisotopic (exact) mass is 767 g/mol. The second kappa shape index (κ2) is 14.9. The van der Waals surface area contributed by atoms with Gasteiger partial charge in [-0.25, -0.2) is 0 Å². The van der Waals surface area contributed by atoms with E-state index in [0.717, 1.165) is 72.2 Å². The van der Waals surface area contributed by atoms with Crippen molar-refractivity contribution in [3.05, 3.63) is 271 Å². The minimum absolute atomic E-state index is 0.107. The molecule has 0 N–H and O–H groups in total. The Balaban J connectivity index is 1.17. The van der Waals surface area contributed by atoms with Crippen molar-refractivity contribution < 1.29 is 5.48 Å². The summed E-state index contributed by atoms with van der Waals surface area (Å²) in [6.45, 7) is 0. The number of benzene rings is 10. The number of rotatable bonds is 8. The number of nitrogens with zero attached hydrogens (tertiary/aromatic N) is 1. The van der Waals surface area contributed by atoms with Crippen LogP contribution < -0.4 is 4.90 Å². The molecule has 0 fully saturated rings. The molecule has 10 aromatic rings. The molecule has 0 saturated heterocycles. The lowest BCUT2D eigenvalue weighted by Crippen LogP contribution is -2.28. The van der Waals surface area contributed by atoms with E-state index in [4.69, 9.17) is 0 Å². The number of para-hydroxylation sites is 1. The van der Waals surface area contributed by atoms with Crippen LogP contribution in [0.5, 0.6) is 0 Å². The molecular weight excluding hydrogens is 723 g/mol. The molecule has 1 nitrogen and oxygen atoms in total. The van der Waals surface area contributed by atoms with Crippen molar-refractivity contribution in [1.29, 1.82) is 0 Å². The quantitative estimate of drug-likeness (QED) is 0.149. The molecule has 11 rings (SSSR count). The molecule has 1 heteroatoms. The highest BCUT2D eigenvalue weighted by Gasteiger charge is 2.46. The van der Waals surface area contributed by atoms with Crippen LogP contribution in [0.3, 0.4) is 0 Å². The minimum atomic E-state index is -0.692. The number of fused-ring (bicyclic) bond motifs is 4. The van der Waals surface area contributed by atoms with E-state index in [-0.39, 0.29) is 35.4 Å². The molecule has 0 spiro atoms. The number of anilines is 3. The van der Waals surface area contributed by atoms with E-state index in [1.54, 1.807) is 0 Å². The number of hydrogen-bond donors (Lipinski definition) is 0. The van der Waals surface area contributed by atoms with Gasteiger partial charge in [-0.05, 0) is 108 Å². The summed E-state index contributed by atoms with van der Waals surface area (Å²) in [6.07, 6.45) is 0. The zero-order valence-corrected chi connectivity index (χ0v) is 32.8. The first-order valence-corrected chi connectivity index (χ1v) is 20.4. The first kappa shape index (κ1) is 31.3. The molecule has 0 aliphatic heterocycles. The lowest BCUT2D eigenvalue weighted by Gasteiger charge is -2.35. The SMILES string of the molecule is [2H]c1c([2H])c(N(c2ccc3c(c2)C(c2ccccc2)(c2ccccc2)c2ccccc2-3)c2ccccc2-c2ccccc2)c([2H])c([2H])c1-c1cccc(-c2cccc3ccccc23)c1. The van der Waals surface area contributed by atoms with Gasteiger partial charge >= 0.3 is 0 Å². The van der Waals surface area contributed by atoms with Crippen LogP contribution in [-0.4, -0.2) is 0 Å². The lowest BCUT2D eigenvalue weighted by atomic mass is 9.67. The van der Waals surface area contributed by atoms with Gasteiger partial charge in [0.15, 0.2) is 0 Å². The second-order valence-corrected chi connectivity index (χ2v) is 15.3. The van der Waals surface area contributed by atoms with Crippen molar-refractivity contribution in [1.82, 2.24) is 0 Å². The van der Waals surface area contributed by atoms with Crippen LogP contribution in [-0.2, 0) is 5.41 Å². The Morgan fingerprint density at radius 3 is 1.65 bits per heavy atom. The molecule has 1 aliphatic rings. The second-order valence-electron chi connectivity index (χ2n) is 15.3. The predicted molar refractivity (Wildman–Crippen MR) is 252 cm³/mol. The molecule has 60 heavy (non-hydrogen) atoms. The van der Waals surface area contributed by atoms with Crippen molar-refractivity contribution in [3.63, 3.8) is 0 Å². The van der Waals surface area contributed by atoms with Crippen molar-refractivity contribution >= 4 is 27.8 Å². The molecule has 0 unspecified atom stereocenters. The van der Waals surface area contributed by atoms with E-state index in [1.165, 1.54) is 5.56 Å². The van der Waals surface area contributed by atoms with Gasteiger partial charge in [0.05, 0.1) is 16.6 Å². The standard InChI is InChI=1S/C59H41N/c1-4-18-44(19-5-1)53-29-13-15-33-58(53)60(49-36-34-42(35-37-49)45-22-16-23-46(40-45)52-31-17-21-43-20-10-11-28-51(43)52)50-38-39-55-54-30-12-14-32-56(54)59(57(55)41-50,47-24-6-2-7-25-47)48-26-8-3-9-27-48/h1-41H/i34D,35D,36D,37D. The molecule has 0 amide bonds. The van der Waals surface area contributed by atoms with E-state index in [9.17, 15) is 5.48 Å². The topological polar surface area (TPSA) is 3.24 Å². The van der Waals surface area contributed by atoms with E-state index in [0.29, 0.717) is 5.56 Å². The zero-order valence-electron chi connectivity index (χ0n) is 36.8. The normalized spacial score (nSPS) is 13.4. The van der Waals surface area contributed by atoms with Gasteiger partial charge in [0.2, 0.25) is 0 Å². The Labute approximate surface area is 357 Å². The summed E-state index contributed by atoms with van der Waals surface area (Å²) in [7, 11) is 0. The molecule has 0 aromatic heterocycles. The van der Waals surface area contributed by atoms with Crippen molar-refractivity contribution in [2.24, 2.45) is 0 Å². The van der Waals surface area contributed by atoms with Crippen molar-refractivity contribution in [2.75, 3.05) is 4.90 Å². The Morgan fingerprint density at radius 1 is 0.333 bits per heavy atom. The fraction of sp³-hybridized carbons (Fsp3) is 0.0169. The van der Waals surface area contributed by atoms with Gasteiger partial charge in [0.25, 0.3) is 0 Å². The third-order valence-corrected chi connectivity index (χ3v) is 12.0. The molecular formula is C59H41N. The summed E-state index contributed by atoms with van der Waals surface area (Å²) < 4.78 is 39.3. The number of hydrogen-bond acceptors (Lipinski definition) is 1. The zero-order chi connectivity index (χ0) is 43.4. The molecule has 1 aliphatic carbocycles. The maximum absolute atomic E-state index is 9.93. The van der Waals surface area contributed by atoms with Crippen LogP contribution in [0.2, 0.25) is 0 Å². The van der Waals surface area contributed by atoms with Crippen LogP contribution in [0.1, 0.15) is 27.7 Å². The summed E-state index contributed by atoms with van der Waals surface area (Å²) in [5, 5.41) is 2.22. The largest absolute Gasteiger partial charge is 0.310 e. The first-order valence-electron chi connectivity index (χ1n) is 22.4. The van der Waals surface area contributed by atoms with Gasteiger partial charge in [-0.15, -0.1) is 0 Å². The molecule has 0 atom stereocenters. The van der Waals surface area contributed by atoms with E-state index in [2.05, 4.69) is 146 Å². The molecule has 282 valence electrons. The molecule has 0 bridgehead atoms. The molecule has 0 saturated carbocycles. The van der Waals surface area contributed by atoms with E-state index >= 15 is 0 Å². The fourth-order valence-electron chi connectivity index (χ4n) is 9.37. The Hall–Kier alpha value is -7.74. The fourth-order valence-corrected chi connectivity index (χ4v) is 9.37. The van der Waals surface area contributed by atoms with Crippen LogP contribution >= 0.6 is 0 Å². The van der Waals surface area contributed by atoms with Crippen LogP contribution in [0.4, 0.5) is 17.1 Å². The average molecular weight is 768 g/mol. The van der Waals surface area contributed by atoms with Crippen LogP contribution in [0.25, 0.3) is 55.3 Å². The molecule has 0 radical (unpaired) electrons. The maximum Gasteiger partial charge on any atom is 0.0714 e. The molecule has 0 heterocycles.